The van der Waals surface area contributed by atoms with Gasteiger partial charge in [0.1, 0.15) is 0 Å². The molecule has 0 radical (unpaired) electrons. The zero-order valence-electron chi connectivity index (χ0n) is 7.06. The Morgan fingerprint density at radius 2 is 2.15 bits per heavy atom. The number of halogens is 3. The number of hydrogen-bond acceptors (Lipinski definition) is 2. The highest BCUT2D eigenvalue weighted by Gasteiger charge is 2.31. The first-order valence-corrected chi connectivity index (χ1v) is 4.64. The second kappa shape index (κ2) is 3.67. The fourth-order valence-corrected chi connectivity index (χ4v) is 1.79. The number of rotatable bonds is 2. The maximum absolute atomic E-state index is 11.9. The van der Waals surface area contributed by atoms with Crippen molar-refractivity contribution < 1.29 is 13.2 Å². The van der Waals surface area contributed by atoms with Crippen molar-refractivity contribution in [2.24, 2.45) is 5.73 Å². The molecule has 0 unspecified atom stereocenters. The maximum Gasteiger partial charge on any atom is 0.390 e. The van der Waals surface area contributed by atoms with Crippen LogP contribution in [0.1, 0.15) is 22.9 Å². The van der Waals surface area contributed by atoms with Gasteiger partial charge in [-0.05, 0) is 23.9 Å². The largest absolute Gasteiger partial charge is 0.390 e. The van der Waals surface area contributed by atoms with Gasteiger partial charge in [0.15, 0.2) is 0 Å². The quantitative estimate of drug-likeness (QED) is 0.796. The van der Waals surface area contributed by atoms with E-state index in [4.69, 9.17) is 5.73 Å². The minimum atomic E-state index is -4.19. The molecule has 0 fully saturated rings. The standard InChI is InChI=1S/C8H10F3NS/c1-5-2-6(4-13-5)7(12)3-8(9,10)11/h2,4,7H,3,12H2,1H3/t7-/m0/s1. The third-order valence-corrected chi connectivity index (χ3v) is 2.51. The molecule has 0 aliphatic rings. The molecule has 1 nitrogen and oxygen atoms in total. The second-order valence-electron chi connectivity index (χ2n) is 2.92. The van der Waals surface area contributed by atoms with E-state index in [0.717, 1.165) is 4.88 Å². The summed E-state index contributed by atoms with van der Waals surface area (Å²) in [5.41, 5.74) is 5.95. The van der Waals surface area contributed by atoms with Gasteiger partial charge in [-0.15, -0.1) is 11.3 Å². The van der Waals surface area contributed by atoms with Crippen LogP contribution in [0.15, 0.2) is 11.4 Å². The van der Waals surface area contributed by atoms with Crippen molar-refractivity contribution in [1.82, 2.24) is 0 Å². The van der Waals surface area contributed by atoms with Crippen molar-refractivity contribution in [1.29, 1.82) is 0 Å². The predicted molar refractivity (Wildman–Crippen MR) is 46.7 cm³/mol. The summed E-state index contributed by atoms with van der Waals surface area (Å²) in [5, 5.41) is 1.67. The van der Waals surface area contributed by atoms with Gasteiger partial charge < -0.3 is 5.73 Å². The molecule has 0 spiro atoms. The molecule has 0 aromatic carbocycles. The van der Waals surface area contributed by atoms with Gasteiger partial charge in [-0.25, -0.2) is 0 Å². The molecular formula is C8H10F3NS. The van der Waals surface area contributed by atoms with Crippen molar-refractivity contribution in [2.45, 2.75) is 25.6 Å². The van der Waals surface area contributed by atoms with Crippen LogP contribution in [0, 0.1) is 6.92 Å². The van der Waals surface area contributed by atoms with Crippen LogP contribution in [0.3, 0.4) is 0 Å². The summed E-state index contributed by atoms with van der Waals surface area (Å²) in [7, 11) is 0. The molecule has 1 atom stereocenters. The lowest BCUT2D eigenvalue weighted by atomic mass is 10.1. The molecule has 13 heavy (non-hydrogen) atoms. The normalized spacial score (nSPS) is 14.5. The van der Waals surface area contributed by atoms with Gasteiger partial charge in [-0.2, -0.15) is 13.2 Å². The molecule has 1 heterocycles. The molecule has 0 amide bonds. The van der Waals surface area contributed by atoms with Crippen LogP contribution >= 0.6 is 11.3 Å². The van der Waals surface area contributed by atoms with Crippen molar-refractivity contribution >= 4 is 11.3 Å². The average molecular weight is 209 g/mol. The van der Waals surface area contributed by atoms with E-state index in [0.29, 0.717) is 5.56 Å². The van der Waals surface area contributed by atoms with E-state index < -0.39 is 18.6 Å². The van der Waals surface area contributed by atoms with Crippen LogP contribution < -0.4 is 5.73 Å². The van der Waals surface area contributed by atoms with E-state index in [9.17, 15) is 13.2 Å². The van der Waals surface area contributed by atoms with E-state index in [1.165, 1.54) is 11.3 Å². The fourth-order valence-electron chi connectivity index (χ4n) is 1.03. The summed E-state index contributed by atoms with van der Waals surface area (Å²) >= 11 is 1.41. The summed E-state index contributed by atoms with van der Waals surface area (Å²) in [4.78, 5) is 0.979. The first-order chi connectivity index (χ1) is 5.88. The molecule has 0 saturated heterocycles. The van der Waals surface area contributed by atoms with Gasteiger partial charge in [0, 0.05) is 10.9 Å². The number of alkyl halides is 3. The highest BCUT2D eigenvalue weighted by molar-refractivity contribution is 7.10. The topological polar surface area (TPSA) is 26.0 Å². The predicted octanol–water partition coefficient (Wildman–Crippen LogP) is 3.01. The highest BCUT2D eigenvalue weighted by atomic mass is 32.1. The summed E-state index contributed by atoms with van der Waals surface area (Å²) in [6, 6.07) is 0.770. The van der Waals surface area contributed by atoms with E-state index in [1.807, 2.05) is 6.92 Å². The Balaban J connectivity index is 2.64. The van der Waals surface area contributed by atoms with Gasteiger partial charge in [0.05, 0.1) is 6.42 Å². The first kappa shape index (κ1) is 10.5. The Morgan fingerprint density at radius 1 is 1.54 bits per heavy atom. The molecule has 1 rings (SSSR count). The highest BCUT2D eigenvalue weighted by Crippen LogP contribution is 2.29. The molecule has 0 aliphatic heterocycles. The summed E-state index contributed by atoms with van der Waals surface area (Å²) in [6.45, 7) is 1.84. The van der Waals surface area contributed by atoms with E-state index >= 15 is 0 Å². The van der Waals surface area contributed by atoms with Crippen LogP contribution in [0.25, 0.3) is 0 Å². The molecule has 74 valence electrons. The van der Waals surface area contributed by atoms with Crippen molar-refractivity contribution in [2.75, 3.05) is 0 Å². The Bertz CT molecular complexity index is 279. The molecule has 1 aromatic heterocycles. The molecule has 5 heteroatoms. The third-order valence-electron chi connectivity index (χ3n) is 1.63. The van der Waals surface area contributed by atoms with E-state index in [1.54, 1.807) is 11.4 Å². The number of hydrogen-bond donors (Lipinski definition) is 1. The van der Waals surface area contributed by atoms with Crippen LogP contribution in [0.5, 0.6) is 0 Å². The second-order valence-corrected chi connectivity index (χ2v) is 4.03. The van der Waals surface area contributed by atoms with Crippen LogP contribution in [-0.4, -0.2) is 6.18 Å². The molecule has 1 aromatic rings. The van der Waals surface area contributed by atoms with E-state index in [2.05, 4.69) is 0 Å². The van der Waals surface area contributed by atoms with Crippen LogP contribution in [0.2, 0.25) is 0 Å². The van der Waals surface area contributed by atoms with Gasteiger partial charge in [-0.1, -0.05) is 0 Å². The summed E-state index contributed by atoms with van der Waals surface area (Å²) < 4.78 is 35.8. The SMILES string of the molecule is Cc1cc([C@@H](N)CC(F)(F)F)cs1. The van der Waals surface area contributed by atoms with E-state index in [-0.39, 0.29) is 0 Å². The number of thiophene rings is 1. The third kappa shape index (κ3) is 3.36. The van der Waals surface area contributed by atoms with Gasteiger partial charge in [0.25, 0.3) is 0 Å². The molecule has 0 bridgehead atoms. The van der Waals surface area contributed by atoms with Crippen LogP contribution in [0.4, 0.5) is 13.2 Å². The monoisotopic (exact) mass is 209 g/mol. The summed E-state index contributed by atoms with van der Waals surface area (Å²) in [5.74, 6) is 0. The van der Waals surface area contributed by atoms with Crippen molar-refractivity contribution in [3.05, 3.63) is 21.9 Å². The molecular weight excluding hydrogens is 199 g/mol. The lowest BCUT2D eigenvalue weighted by Gasteiger charge is -2.12. The lowest BCUT2D eigenvalue weighted by molar-refractivity contribution is -0.138. The Kier molecular flexibility index (Phi) is 2.98. The van der Waals surface area contributed by atoms with Gasteiger partial charge in [-0.3, -0.25) is 0 Å². The number of aryl methyl sites for hydroxylation is 1. The van der Waals surface area contributed by atoms with Crippen molar-refractivity contribution in [3.63, 3.8) is 0 Å². The molecule has 2 N–H and O–H groups in total. The average Bonchev–Trinajstić information content (AvgIpc) is 2.31. The minimum Gasteiger partial charge on any atom is -0.324 e. The van der Waals surface area contributed by atoms with Crippen molar-refractivity contribution in [3.8, 4) is 0 Å². The zero-order valence-corrected chi connectivity index (χ0v) is 7.88. The Hall–Kier alpha value is -0.550. The Labute approximate surface area is 78.4 Å². The molecule has 0 saturated carbocycles. The van der Waals surface area contributed by atoms with Gasteiger partial charge in [0.2, 0.25) is 0 Å². The Morgan fingerprint density at radius 3 is 2.54 bits per heavy atom. The van der Waals surface area contributed by atoms with Crippen LogP contribution in [-0.2, 0) is 0 Å². The summed E-state index contributed by atoms with van der Waals surface area (Å²) in [6.07, 6.45) is -5.14. The minimum absolute atomic E-state index is 0.569. The number of nitrogens with two attached hydrogens (primary N) is 1. The van der Waals surface area contributed by atoms with Gasteiger partial charge >= 0.3 is 6.18 Å². The zero-order chi connectivity index (χ0) is 10.1. The fraction of sp³-hybridized carbons (Fsp3) is 0.500. The first-order valence-electron chi connectivity index (χ1n) is 3.76. The molecule has 0 aliphatic carbocycles. The smallest absolute Gasteiger partial charge is 0.324 e. The maximum atomic E-state index is 11.9. The lowest BCUT2D eigenvalue weighted by Crippen LogP contribution is -2.19.